The summed E-state index contributed by atoms with van der Waals surface area (Å²) in [5, 5.41) is 0. The van der Waals surface area contributed by atoms with E-state index in [4.69, 9.17) is 10.5 Å². The number of benzene rings is 1. The number of nitrogen functional groups attached to an aromatic ring is 1. The smallest absolute Gasteiger partial charge is 0.240 e. The molecule has 0 bridgehead atoms. The van der Waals surface area contributed by atoms with Crippen LogP contribution in [0.25, 0.3) is 0 Å². The van der Waals surface area contributed by atoms with Crippen molar-refractivity contribution in [1.82, 2.24) is 4.72 Å². The van der Waals surface area contributed by atoms with Crippen LogP contribution in [-0.2, 0) is 14.8 Å². The number of rotatable bonds is 4. The number of hydrogen-bond donors (Lipinski definition) is 2. The highest BCUT2D eigenvalue weighted by Crippen LogP contribution is 2.29. The predicted molar refractivity (Wildman–Crippen MR) is 74.7 cm³/mol. The van der Waals surface area contributed by atoms with Crippen molar-refractivity contribution in [2.24, 2.45) is 0 Å². The minimum Gasteiger partial charge on any atom is -0.397 e. The number of anilines is 2. The van der Waals surface area contributed by atoms with E-state index in [0.29, 0.717) is 5.69 Å². The van der Waals surface area contributed by atoms with E-state index in [9.17, 15) is 8.42 Å². The summed E-state index contributed by atoms with van der Waals surface area (Å²) in [6.45, 7) is 1.54. The van der Waals surface area contributed by atoms with E-state index >= 15 is 0 Å². The molecule has 2 rings (SSSR count). The highest BCUT2D eigenvalue weighted by molar-refractivity contribution is 7.89. The van der Waals surface area contributed by atoms with Crippen molar-refractivity contribution in [1.29, 1.82) is 0 Å². The zero-order valence-electron chi connectivity index (χ0n) is 11.1. The lowest BCUT2D eigenvalue weighted by molar-refractivity contribution is 0.121. The van der Waals surface area contributed by atoms with Crippen LogP contribution in [0.1, 0.15) is 6.42 Å². The second-order valence-corrected chi connectivity index (χ2v) is 6.41. The third-order valence-electron chi connectivity index (χ3n) is 3.40. The molecule has 1 aliphatic heterocycles. The van der Waals surface area contributed by atoms with Crippen molar-refractivity contribution in [2.75, 3.05) is 37.9 Å². The molecular formula is C12H19N3O3S. The first kappa shape index (κ1) is 14.1. The quantitative estimate of drug-likeness (QED) is 0.782. The van der Waals surface area contributed by atoms with Crippen LogP contribution >= 0.6 is 0 Å². The molecule has 0 amide bonds. The molecule has 1 aliphatic rings. The predicted octanol–water partition coefficient (Wildman–Crippen LogP) is 0.402. The van der Waals surface area contributed by atoms with E-state index in [2.05, 4.69) is 9.62 Å². The van der Waals surface area contributed by atoms with Gasteiger partial charge in [-0.05, 0) is 31.7 Å². The van der Waals surface area contributed by atoms with Crippen LogP contribution in [0.5, 0.6) is 0 Å². The van der Waals surface area contributed by atoms with Crippen molar-refractivity contribution < 1.29 is 13.2 Å². The summed E-state index contributed by atoms with van der Waals surface area (Å²) in [6, 6.07) is 4.74. The minimum absolute atomic E-state index is 0.170. The molecule has 1 heterocycles. The fourth-order valence-electron chi connectivity index (χ4n) is 2.22. The SMILES string of the molecule is CNS(=O)(=O)c1ccc(N)c(N2CCC(OC)C2)c1. The normalized spacial score (nSPS) is 19.9. The fourth-order valence-corrected chi connectivity index (χ4v) is 2.97. The molecule has 0 aliphatic carbocycles. The van der Waals surface area contributed by atoms with Crippen LogP contribution in [0.4, 0.5) is 11.4 Å². The molecule has 1 fully saturated rings. The number of methoxy groups -OCH3 is 1. The van der Waals surface area contributed by atoms with Gasteiger partial charge in [-0.25, -0.2) is 13.1 Å². The first-order chi connectivity index (χ1) is 8.97. The maximum Gasteiger partial charge on any atom is 0.240 e. The van der Waals surface area contributed by atoms with Gasteiger partial charge in [0.25, 0.3) is 0 Å². The van der Waals surface area contributed by atoms with Crippen molar-refractivity contribution in [3.63, 3.8) is 0 Å². The van der Waals surface area contributed by atoms with Gasteiger partial charge in [0.1, 0.15) is 0 Å². The van der Waals surface area contributed by atoms with Crippen molar-refractivity contribution in [3.05, 3.63) is 18.2 Å². The lowest BCUT2D eigenvalue weighted by Gasteiger charge is -2.21. The molecule has 0 aromatic heterocycles. The summed E-state index contributed by atoms with van der Waals surface area (Å²) in [7, 11) is -0.379. The third-order valence-corrected chi connectivity index (χ3v) is 4.81. The first-order valence-electron chi connectivity index (χ1n) is 6.08. The Labute approximate surface area is 113 Å². The van der Waals surface area contributed by atoms with Gasteiger partial charge in [0, 0.05) is 20.2 Å². The lowest BCUT2D eigenvalue weighted by Crippen LogP contribution is -2.24. The molecule has 6 nitrogen and oxygen atoms in total. The Balaban J connectivity index is 2.33. The lowest BCUT2D eigenvalue weighted by atomic mass is 10.2. The molecule has 1 aromatic carbocycles. The molecule has 1 unspecified atom stereocenters. The van der Waals surface area contributed by atoms with E-state index in [-0.39, 0.29) is 11.0 Å². The van der Waals surface area contributed by atoms with Gasteiger partial charge in [-0.2, -0.15) is 0 Å². The highest BCUT2D eigenvalue weighted by atomic mass is 32.2. The highest BCUT2D eigenvalue weighted by Gasteiger charge is 2.24. The maximum absolute atomic E-state index is 11.8. The van der Waals surface area contributed by atoms with E-state index in [1.54, 1.807) is 19.2 Å². The first-order valence-corrected chi connectivity index (χ1v) is 7.57. The van der Waals surface area contributed by atoms with E-state index < -0.39 is 10.0 Å². The Kier molecular flexibility index (Phi) is 3.98. The third kappa shape index (κ3) is 2.83. The fraction of sp³-hybridized carbons (Fsp3) is 0.500. The van der Waals surface area contributed by atoms with Crippen molar-refractivity contribution in [2.45, 2.75) is 17.4 Å². The van der Waals surface area contributed by atoms with Crippen molar-refractivity contribution in [3.8, 4) is 0 Å². The topological polar surface area (TPSA) is 84.7 Å². The van der Waals surface area contributed by atoms with Crippen LogP contribution in [0.2, 0.25) is 0 Å². The summed E-state index contributed by atoms with van der Waals surface area (Å²) in [5.74, 6) is 0. The zero-order chi connectivity index (χ0) is 14.0. The number of nitrogens with two attached hydrogens (primary N) is 1. The van der Waals surface area contributed by atoms with Crippen LogP contribution < -0.4 is 15.4 Å². The average Bonchev–Trinajstić information content (AvgIpc) is 2.87. The number of nitrogens with one attached hydrogen (secondary N) is 1. The standard InChI is InChI=1S/C12H19N3O3S/c1-14-19(16,17)10-3-4-11(13)12(7-10)15-6-5-9(8-15)18-2/h3-4,7,9,14H,5-6,8,13H2,1-2H3. The molecule has 1 atom stereocenters. The van der Waals surface area contributed by atoms with Gasteiger partial charge in [-0.15, -0.1) is 0 Å². The minimum atomic E-state index is -3.45. The average molecular weight is 285 g/mol. The molecule has 106 valence electrons. The molecule has 1 aromatic rings. The van der Waals surface area contributed by atoms with Crippen LogP contribution in [0.15, 0.2) is 23.1 Å². The number of sulfonamides is 1. The molecule has 1 saturated heterocycles. The molecule has 7 heteroatoms. The van der Waals surface area contributed by atoms with E-state index in [0.717, 1.165) is 25.2 Å². The summed E-state index contributed by atoms with van der Waals surface area (Å²) in [6.07, 6.45) is 1.09. The second-order valence-electron chi connectivity index (χ2n) is 4.52. The van der Waals surface area contributed by atoms with Crippen LogP contribution in [-0.4, -0.2) is 41.8 Å². The summed E-state index contributed by atoms with van der Waals surface area (Å²) < 4.78 is 31.2. The Hall–Kier alpha value is -1.31. The largest absolute Gasteiger partial charge is 0.397 e. The van der Waals surface area contributed by atoms with Gasteiger partial charge in [0.05, 0.1) is 22.4 Å². The molecule has 3 N–H and O–H groups in total. The van der Waals surface area contributed by atoms with E-state index in [1.807, 2.05) is 0 Å². The molecule has 0 saturated carbocycles. The van der Waals surface area contributed by atoms with Crippen LogP contribution in [0.3, 0.4) is 0 Å². The summed E-state index contributed by atoms with van der Waals surface area (Å²) in [4.78, 5) is 2.28. The Morgan fingerprint density at radius 3 is 2.79 bits per heavy atom. The number of ether oxygens (including phenoxy) is 1. The molecule has 0 radical (unpaired) electrons. The Morgan fingerprint density at radius 1 is 1.47 bits per heavy atom. The number of nitrogens with zero attached hydrogens (tertiary/aromatic N) is 1. The summed E-state index contributed by atoms with van der Waals surface area (Å²) in [5.41, 5.74) is 7.27. The van der Waals surface area contributed by atoms with Crippen LogP contribution in [0, 0.1) is 0 Å². The second kappa shape index (κ2) is 5.36. The van der Waals surface area contributed by atoms with Gasteiger partial charge in [-0.3, -0.25) is 0 Å². The molecule has 0 spiro atoms. The van der Waals surface area contributed by atoms with Gasteiger partial charge in [0.2, 0.25) is 10.0 Å². The maximum atomic E-state index is 11.8. The Bertz CT molecular complexity index is 559. The monoisotopic (exact) mass is 285 g/mol. The molecular weight excluding hydrogens is 266 g/mol. The zero-order valence-corrected chi connectivity index (χ0v) is 11.9. The molecule has 19 heavy (non-hydrogen) atoms. The van der Waals surface area contributed by atoms with Crippen molar-refractivity contribution >= 4 is 21.4 Å². The van der Waals surface area contributed by atoms with Gasteiger partial charge in [0.15, 0.2) is 0 Å². The van der Waals surface area contributed by atoms with Gasteiger partial charge in [-0.1, -0.05) is 0 Å². The van der Waals surface area contributed by atoms with Gasteiger partial charge < -0.3 is 15.4 Å². The summed E-state index contributed by atoms with van der Waals surface area (Å²) >= 11 is 0. The number of hydrogen-bond acceptors (Lipinski definition) is 5. The van der Waals surface area contributed by atoms with E-state index in [1.165, 1.54) is 13.1 Å². The van der Waals surface area contributed by atoms with Gasteiger partial charge >= 0.3 is 0 Å². The Morgan fingerprint density at radius 2 is 2.21 bits per heavy atom.